The molecule has 2 nitrogen and oxygen atoms in total. The first-order valence-electron chi connectivity index (χ1n) is 5.30. The molecule has 15 heavy (non-hydrogen) atoms. The molecule has 0 N–H and O–H groups in total. The number of nitrogens with zero attached hydrogens (tertiary/aromatic N) is 1. The van der Waals surface area contributed by atoms with Gasteiger partial charge >= 0.3 is 0 Å². The highest BCUT2D eigenvalue weighted by atomic mass is 79.9. The highest BCUT2D eigenvalue weighted by Gasteiger charge is 2.15. The number of rotatable bonds is 6. The quantitative estimate of drug-likeness (QED) is 0.737. The van der Waals surface area contributed by atoms with Crippen molar-refractivity contribution in [2.45, 2.75) is 44.5 Å². The van der Waals surface area contributed by atoms with Gasteiger partial charge in [0.25, 0.3) is 0 Å². The molecule has 0 radical (unpaired) electrons. The molecule has 1 heterocycles. The highest BCUT2D eigenvalue weighted by Crippen LogP contribution is 2.31. The second kappa shape index (κ2) is 6.61. The van der Waals surface area contributed by atoms with Crippen molar-refractivity contribution < 1.29 is 4.74 Å². The van der Waals surface area contributed by atoms with Gasteiger partial charge in [0.05, 0.1) is 17.3 Å². The smallest absolute Gasteiger partial charge is 0.0963 e. The average molecular weight is 292 g/mol. The Kier molecular flexibility index (Phi) is 5.79. The summed E-state index contributed by atoms with van der Waals surface area (Å²) in [5.74, 6) is 0.610. The van der Waals surface area contributed by atoms with Crippen LogP contribution in [0.1, 0.15) is 48.2 Å². The highest BCUT2D eigenvalue weighted by molar-refractivity contribution is 9.08. The maximum atomic E-state index is 5.15. The Bertz CT molecular complexity index is 297. The van der Waals surface area contributed by atoms with Gasteiger partial charge in [-0.15, -0.1) is 11.3 Å². The molecule has 0 fully saturated rings. The van der Waals surface area contributed by atoms with Crippen LogP contribution < -0.4 is 0 Å². The molecule has 0 aliphatic heterocycles. The van der Waals surface area contributed by atoms with E-state index in [2.05, 4.69) is 34.8 Å². The molecule has 0 saturated heterocycles. The van der Waals surface area contributed by atoms with Crippen LogP contribution in [0.4, 0.5) is 0 Å². The van der Waals surface area contributed by atoms with Crippen LogP contribution in [0, 0.1) is 0 Å². The lowest BCUT2D eigenvalue weighted by Crippen LogP contribution is -1.96. The third-order valence-corrected chi connectivity index (χ3v) is 4.72. The van der Waals surface area contributed by atoms with Crippen LogP contribution in [0.5, 0.6) is 0 Å². The van der Waals surface area contributed by atoms with Gasteiger partial charge in [0.15, 0.2) is 0 Å². The summed E-state index contributed by atoms with van der Waals surface area (Å²) < 4.78 is 5.15. The second-order valence-corrected chi connectivity index (χ2v) is 5.18. The summed E-state index contributed by atoms with van der Waals surface area (Å²) >= 11 is 5.32. The zero-order chi connectivity index (χ0) is 11.3. The Balaban J connectivity index is 2.90. The number of thiazole rings is 1. The molecular weight excluding hydrogens is 274 g/mol. The second-order valence-electron chi connectivity index (χ2n) is 3.50. The Hall–Kier alpha value is 0.0700. The van der Waals surface area contributed by atoms with Gasteiger partial charge in [0.2, 0.25) is 0 Å². The minimum Gasteiger partial charge on any atom is -0.378 e. The van der Waals surface area contributed by atoms with Gasteiger partial charge < -0.3 is 4.74 Å². The van der Waals surface area contributed by atoms with Crippen molar-refractivity contribution >= 4 is 27.3 Å². The summed E-state index contributed by atoms with van der Waals surface area (Å²) in [5, 5.41) is 2.14. The van der Waals surface area contributed by atoms with E-state index in [4.69, 9.17) is 4.74 Å². The lowest BCUT2D eigenvalue weighted by Gasteiger charge is -2.06. The van der Waals surface area contributed by atoms with Crippen LogP contribution in [0.2, 0.25) is 0 Å². The Morgan fingerprint density at radius 1 is 1.40 bits per heavy atom. The molecule has 1 aromatic heterocycles. The van der Waals surface area contributed by atoms with E-state index < -0.39 is 0 Å². The van der Waals surface area contributed by atoms with Crippen molar-refractivity contribution in [1.29, 1.82) is 0 Å². The van der Waals surface area contributed by atoms with E-state index in [0.29, 0.717) is 12.5 Å². The standard InChI is InChI=1S/C11H18BrNOS/c1-4-8(5-2)11-13-9(7-14-3)10(6-12)15-11/h8H,4-7H2,1-3H3. The summed E-state index contributed by atoms with van der Waals surface area (Å²) in [4.78, 5) is 5.98. The average Bonchev–Trinajstić information content (AvgIpc) is 2.64. The Morgan fingerprint density at radius 3 is 2.53 bits per heavy atom. The largest absolute Gasteiger partial charge is 0.378 e. The van der Waals surface area contributed by atoms with Crippen molar-refractivity contribution in [2.75, 3.05) is 7.11 Å². The number of halogens is 1. The van der Waals surface area contributed by atoms with E-state index in [1.165, 1.54) is 9.88 Å². The summed E-state index contributed by atoms with van der Waals surface area (Å²) in [6.07, 6.45) is 2.33. The molecule has 4 heteroatoms. The maximum Gasteiger partial charge on any atom is 0.0963 e. The van der Waals surface area contributed by atoms with Crippen molar-refractivity contribution in [3.8, 4) is 0 Å². The fraction of sp³-hybridized carbons (Fsp3) is 0.727. The van der Waals surface area contributed by atoms with Gasteiger partial charge in [-0.3, -0.25) is 0 Å². The van der Waals surface area contributed by atoms with Crippen LogP contribution in [-0.2, 0) is 16.7 Å². The topological polar surface area (TPSA) is 22.1 Å². The van der Waals surface area contributed by atoms with Crippen molar-refractivity contribution in [3.63, 3.8) is 0 Å². The minimum absolute atomic E-state index is 0.610. The molecule has 0 atom stereocenters. The van der Waals surface area contributed by atoms with Gasteiger partial charge in [-0.05, 0) is 12.8 Å². The molecule has 0 unspecified atom stereocenters. The monoisotopic (exact) mass is 291 g/mol. The fourth-order valence-corrected chi connectivity index (χ4v) is 3.42. The molecule has 0 bridgehead atoms. The van der Waals surface area contributed by atoms with Crippen LogP contribution in [0.3, 0.4) is 0 Å². The van der Waals surface area contributed by atoms with E-state index >= 15 is 0 Å². The van der Waals surface area contributed by atoms with E-state index in [9.17, 15) is 0 Å². The van der Waals surface area contributed by atoms with E-state index in [1.54, 1.807) is 7.11 Å². The van der Waals surface area contributed by atoms with Crippen LogP contribution in [0.25, 0.3) is 0 Å². The van der Waals surface area contributed by atoms with Crippen molar-refractivity contribution in [2.24, 2.45) is 0 Å². The number of alkyl halides is 1. The first-order valence-corrected chi connectivity index (χ1v) is 7.23. The van der Waals surface area contributed by atoms with Crippen molar-refractivity contribution in [3.05, 3.63) is 15.6 Å². The molecule has 0 amide bonds. The first kappa shape index (κ1) is 13.1. The number of methoxy groups -OCH3 is 1. The normalized spacial score (nSPS) is 11.3. The lowest BCUT2D eigenvalue weighted by atomic mass is 10.1. The zero-order valence-electron chi connectivity index (χ0n) is 9.55. The van der Waals surface area contributed by atoms with Gasteiger partial charge in [0.1, 0.15) is 0 Å². The molecular formula is C11H18BrNOS. The van der Waals surface area contributed by atoms with E-state index in [-0.39, 0.29) is 0 Å². The molecule has 86 valence electrons. The molecule has 0 spiro atoms. The first-order chi connectivity index (χ1) is 7.26. The Labute approximate surface area is 104 Å². The molecule has 0 saturated carbocycles. The molecule has 1 rings (SSSR count). The van der Waals surface area contributed by atoms with Gasteiger partial charge in [-0.2, -0.15) is 0 Å². The SMILES string of the molecule is CCC(CC)c1nc(COC)c(CBr)s1. The number of ether oxygens (including phenoxy) is 1. The number of aromatic nitrogens is 1. The van der Waals surface area contributed by atoms with E-state index in [1.807, 2.05) is 11.3 Å². The fourth-order valence-electron chi connectivity index (χ4n) is 1.57. The van der Waals surface area contributed by atoms with Gasteiger partial charge in [0, 0.05) is 23.2 Å². The third-order valence-electron chi connectivity index (χ3n) is 2.53. The lowest BCUT2D eigenvalue weighted by molar-refractivity contribution is 0.181. The summed E-state index contributed by atoms with van der Waals surface area (Å²) in [7, 11) is 1.72. The Morgan fingerprint density at radius 2 is 2.07 bits per heavy atom. The molecule has 0 aliphatic carbocycles. The van der Waals surface area contributed by atoms with Crippen LogP contribution in [-0.4, -0.2) is 12.1 Å². The number of hydrogen-bond acceptors (Lipinski definition) is 3. The number of hydrogen-bond donors (Lipinski definition) is 0. The molecule has 0 aromatic carbocycles. The summed E-state index contributed by atoms with van der Waals surface area (Å²) in [5.41, 5.74) is 1.10. The summed E-state index contributed by atoms with van der Waals surface area (Å²) in [6.45, 7) is 5.07. The molecule has 1 aromatic rings. The van der Waals surface area contributed by atoms with Gasteiger partial charge in [-0.1, -0.05) is 29.8 Å². The zero-order valence-corrected chi connectivity index (χ0v) is 11.9. The maximum absolute atomic E-state index is 5.15. The van der Waals surface area contributed by atoms with Crippen molar-refractivity contribution in [1.82, 2.24) is 4.98 Å². The van der Waals surface area contributed by atoms with Gasteiger partial charge in [-0.25, -0.2) is 4.98 Å². The van der Waals surface area contributed by atoms with Crippen LogP contribution in [0.15, 0.2) is 0 Å². The predicted octanol–water partition coefficient (Wildman–Crippen LogP) is 4.09. The van der Waals surface area contributed by atoms with Crippen LogP contribution >= 0.6 is 27.3 Å². The predicted molar refractivity (Wildman–Crippen MR) is 68.8 cm³/mol. The molecule has 0 aliphatic rings. The third kappa shape index (κ3) is 3.26. The summed E-state index contributed by atoms with van der Waals surface area (Å²) in [6, 6.07) is 0. The van der Waals surface area contributed by atoms with E-state index in [0.717, 1.165) is 23.9 Å². The minimum atomic E-state index is 0.610.